The summed E-state index contributed by atoms with van der Waals surface area (Å²) in [6.45, 7) is 0. The van der Waals surface area contributed by atoms with Crippen LogP contribution in [0.4, 0.5) is 5.69 Å². The minimum Gasteiger partial charge on any atom is -0.354 e. The first kappa shape index (κ1) is 12.6. The third-order valence-electron chi connectivity index (χ3n) is 1.92. The van der Waals surface area contributed by atoms with Crippen LogP contribution in [0, 0.1) is 0 Å². The molecule has 1 aromatic rings. The smallest absolute Gasteiger partial charge is 0.273 e. The summed E-state index contributed by atoms with van der Waals surface area (Å²) in [4.78, 5) is 23.0. The monoisotopic (exact) mass is 239 g/mol. The predicted octanol–water partition coefficient (Wildman–Crippen LogP) is -0.462. The van der Waals surface area contributed by atoms with Crippen molar-refractivity contribution in [2.75, 3.05) is 26.6 Å². The molecule has 0 saturated heterocycles. The molecular weight excluding hydrogens is 226 g/mol. The second-order valence-corrected chi connectivity index (χ2v) is 2.89. The zero-order valence-electron chi connectivity index (χ0n) is 9.66. The standard InChI is InChI=1S/C8H13N7O2/c1-9-7(16)5-4(14-15-11-3)6(13-12-5)8(17)10-2/h1-3H3,(H,9,16)(H,10,17)(H,11,14)(H,12,13). The maximum Gasteiger partial charge on any atom is 0.273 e. The molecule has 0 aromatic carbocycles. The van der Waals surface area contributed by atoms with Gasteiger partial charge in [0, 0.05) is 14.1 Å². The lowest BCUT2D eigenvalue weighted by atomic mass is 10.2. The molecule has 9 nitrogen and oxygen atoms in total. The fraction of sp³-hybridized carbons (Fsp3) is 0.375. The van der Waals surface area contributed by atoms with Gasteiger partial charge in [0.1, 0.15) is 11.4 Å². The first-order chi connectivity index (χ1) is 8.15. The quantitative estimate of drug-likeness (QED) is 0.419. The molecule has 0 aliphatic carbocycles. The largest absolute Gasteiger partial charge is 0.354 e. The van der Waals surface area contributed by atoms with Gasteiger partial charge in [-0.3, -0.25) is 20.1 Å². The lowest BCUT2D eigenvalue weighted by Crippen LogP contribution is -2.21. The molecule has 0 atom stereocenters. The lowest BCUT2D eigenvalue weighted by molar-refractivity contribution is 0.0952. The van der Waals surface area contributed by atoms with Gasteiger partial charge in [0.15, 0.2) is 5.69 Å². The molecule has 0 saturated carbocycles. The van der Waals surface area contributed by atoms with Crippen LogP contribution in [0.15, 0.2) is 10.3 Å². The van der Waals surface area contributed by atoms with Crippen LogP contribution >= 0.6 is 0 Å². The van der Waals surface area contributed by atoms with Gasteiger partial charge in [-0.1, -0.05) is 5.22 Å². The minimum absolute atomic E-state index is 0.0403. The average Bonchev–Trinajstić information content (AvgIpc) is 2.77. The summed E-state index contributed by atoms with van der Waals surface area (Å²) in [5, 5.41) is 18.0. The van der Waals surface area contributed by atoms with E-state index in [0.717, 1.165) is 0 Å². The number of H-pyrrole nitrogens is 1. The van der Waals surface area contributed by atoms with E-state index >= 15 is 0 Å². The van der Waals surface area contributed by atoms with Crippen LogP contribution < -0.4 is 16.1 Å². The number of carbonyl (C=O) groups is 2. The fourth-order valence-corrected chi connectivity index (χ4v) is 1.12. The second-order valence-electron chi connectivity index (χ2n) is 2.89. The van der Waals surface area contributed by atoms with E-state index in [1.807, 2.05) is 0 Å². The van der Waals surface area contributed by atoms with Crippen molar-refractivity contribution in [3.8, 4) is 0 Å². The number of amides is 2. The van der Waals surface area contributed by atoms with Crippen molar-refractivity contribution < 1.29 is 9.59 Å². The van der Waals surface area contributed by atoms with E-state index in [-0.39, 0.29) is 17.1 Å². The SMILES string of the molecule is CN=NNc1c(C(=O)NC)n[nH]c1C(=O)NC. The fourth-order valence-electron chi connectivity index (χ4n) is 1.12. The Morgan fingerprint density at radius 1 is 1.24 bits per heavy atom. The summed E-state index contributed by atoms with van der Waals surface area (Å²) in [6.07, 6.45) is 0. The number of aromatic amines is 1. The second kappa shape index (κ2) is 5.58. The molecule has 17 heavy (non-hydrogen) atoms. The van der Waals surface area contributed by atoms with E-state index in [4.69, 9.17) is 0 Å². The molecule has 2 amide bonds. The molecule has 0 spiro atoms. The number of anilines is 1. The molecule has 1 heterocycles. The highest BCUT2D eigenvalue weighted by Crippen LogP contribution is 2.18. The van der Waals surface area contributed by atoms with Gasteiger partial charge in [0.25, 0.3) is 11.8 Å². The summed E-state index contributed by atoms with van der Waals surface area (Å²) in [5.74, 6) is -0.855. The molecule has 4 N–H and O–H groups in total. The van der Waals surface area contributed by atoms with Crippen LogP contribution in [-0.2, 0) is 0 Å². The van der Waals surface area contributed by atoms with Crippen molar-refractivity contribution in [3.05, 3.63) is 11.4 Å². The summed E-state index contributed by atoms with van der Waals surface area (Å²) >= 11 is 0. The van der Waals surface area contributed by atoms with Gasteiger partial charge in [-0.05, 0) is 0 Å². The first-order valence-electron chi connectivity index (χ1n) is 4.73. The first-order valence-corrected chi connectivity index (χ1v) is 4.73. The van der Waals surface area contributed by atoms with Crippen molar-refractivity contribution in [2.24, 2.45) is 10.3 Å². The molecule has 1 aromatic heterocycles. The highest BCUT2D eigenvalue weighted by Gasteiger charge is 2.22. The normalized spacial score (nSPS) is 10.3. The molecule has 0 radical (unpaired) electrons. The Morgan fingerprint density at radius 2 is 1.88 bits per heavy atom. The lowest BCUT2D eigenvalue weighted by Gasteiger charge is -2.02. The van der Waals surface area contributed by atoms with Gasteiger partial charge in [-0.15, -0.1) is 0 Å². The van der Waals surface area contributed by atoms with Gasteiger partial charge in [-0.25, -0.2) is 0 Å². The number of carbonyl (C=O) groups excluding carboxylic acids is 2. The highest BCUT2D eigenvalue weighted by molar-refractivity contribution is 6.05. The molecular formula is C8H13N7O2. The summed E-state index contributed by atoms with van der Waals surface area (Å²) in [7, 11) is 4.38. The van der Waals surface area contributed by atoms with Crippen LogP contribution in [-0.4, -0.2) is 43.2 Å². The van der Waals surface area contributed by atoms with Crippen LogP contribution in [0.1, 0.15) is 21.0 Å². The van der Waals surface area contributed by atoms with E-state index in [1.54, 1.807) is 0 Å². The van der Waals surface area contributed by atoms with Crippen LogP contribution in [0.2, 0.25) is 0 Å². The van der Waals surface area contributed by atoms with E-state index in [1.165, 1.54) is 21.1 Å². The van der Waals surface area contributed by atoms with Crippen molar-refractivity contribution >= 4 is 17.5 Å². The van der Waals surface area contributed by atoms with E-state index in [9.17, 15) is 9.59 Å². The zero-order chi connectivity index (χ0) is 12.8. The molecule has 92 valence electrons. The van der Waals surface area contributed by atoms with Crippen LogP contribution in [0.3, 0.4) is 0 Å². The third kappa shape index (κ3) is 2.56. The number of nitrogens with zero attached hydrogens (tertiary/aromatic N) is 3. The van der Waals surface area contributed by atoms with Crippen molar-refractivity contribution in [1.82, 2.24) is 20.8 Å². The number of aromatic nitrogens is 2. The maximum atomic E-state index is 11.5. The van der Waals surface area contributed by atoms with Gasteiger partial charge < -0.3 is 10.6 Å². The van der Waals surface area contributed by atoms with E-state index in [0.29, 0.717) is 0 Å². The molecule has 0 aliphatic rings. The zero-order valence-corrected chi connectivity index (χ0v) is 9.66. The summed E-state index contributed by atoms with van der Waals surface area (Å²) in [5.41, 5.74) is 2.81. The minimum atomic E-state index is -0.440. The van der Waals surface area contributed by atoms with Crippen LogP contribution in [0.5, 0.6) is 0 Å². The molecule has 0 aliphatic heterocycles. The highest BCUT2D eigenvalue weighted by atomic mass is 16.2. The van der Waals surface area contributed by atoms with Gasteiger partial charge in [0.2, 0.25) is 0 Å². The van der Waals surface area contributed by atoms with Crippen LogP contribution in [0.25, 0.3) is 0 Å². The number of rotatable bonds is 4. The van der Waals surface area contributed by atoms with Gasteiger partial charge in [-0.2, -0.15) is 10.2 Å². The summed E-state index contributed by atoms with van der Waals surface area (Å²) in [6, 6.07) is 0. The third-order valence-corrected chi connectivity index (χ3v) is 1.92. The average molecular weight is 239 g/mol. The van der Waals surface area contributed by atoms with Crippen molar-refractivity contribution in [1.29, 1.82) is 0 Å². The Balaban J connectivity index is 3.19. The molecule has 1 rings (SSSR count). The topological polar surface area (TPSA) is 124 Å². The Hall–Kier alpha value is -2.45. The molecule has 0 unspecified atom stereocenters. The number of hydrogen-bond donors (Lipinski definition) is 4. The number of hydrogen-bond acceptors (Lipinski definition) is 5. The molecule has 0 fully saturated rings. The van der Waals surface area contributed by atoms with Gasteiger partial charge in [0.05, 0.1) is 7.05 Å². The predicted molar refractivity (Wildman–Crippen MR) is 59.8 cm³/mol. The Kier molecular flexibility index (Phi) is 4.14. The Bertz CT molecular complexity index is 417. The summed E-state index contributed by atoms with van der Waals surface area (Å²) < 4.78 is 0. The van der Waals surface area contributed by atoms with E-state index in [2.05, 4.69) is 36.6 Å². The molecule has 9 heteroatoms. The van der Waals surface area contributed by atoms with E-state index < -0.39 is 11.8 Å². The maximum absolute atomic E-state index is 11.5. The van der Waals surface area contributed by atoms with Gasteiger partial charge >= 0.3 is 0 Å². The Morgan fingerprint density at radius 3 is 2.41 bits per heavy atom. The Labute approximate surface area is 97.0 Å². The number of nitrogens with one attached hydrogen (secondary N) is 4. The molecule has 0 bridgehead atoms. The van der Waals surface area contributed by atoms with Crippen molar-refractivity contribution in [3.63, 3.8) is 0 Å². The van der Waals surface area contributed by atoms with Crippen molar-refractivity contribution in [2.45, 2.75) is 0 Å².